The van der Waals surface area contributed by atoms with Crippen molar-refractivity contribution < 1.29 is 14.8 Å². The summed E-state index contributed by atoms with van der Waals surface area (Å²) in [6.45, 7) is 2.01. The van der Waals surface area contributed by atoms with E-state index in [-0.39, 0.29) is 11.6 Å². The Hall–Kier alpha value is -2.18. The number of aromatic nitrogens is 1. The second-order valence-corrected chi connectivity index (χ2v) is 4.77. The molecule has 0 amide bonds. The van der Waals surface area contributed by atoms with Crippen LogP contribution in [0.1, 0.15) is 36.5 Å². The molecule has 7 nitrogen and oxygen atoms in total. The average molecular weight is 265 g/mol. The van der Waals surface area contributed by atoms with Crippen LogP contribution in [0.25, 0.3) is 0 Å². The summed E-state index contributed by atoms with van der Waals surface area (Å²) in [6, 6.07) is 1.40. The van der Waals surface area contributed by atoms with Gasteiger partial charge in [0, 0.05) is 12.1 Å². The number of nitrogens with zero attached hydrogens (tertiary/aromatic N) is 2. The number of nitrogens with one attached hydrogen (secondary N) is 1. The van der Waals surface area contributed by atoms with E-state index in [4.69, 9.17) is 5.11 Å². The van der Waals surface area contributed by atoms with Crippen LogP contribution in [-0.4, -0.2) is 27.0 Å². The van der Waals surface area contributed by atoms with Crippen molar-refractivity contribution in [3.05, 3.63) is 27.9 Å². The number of hydrogen-bond donors (Lipinski definition) is 2. The predicted octanol–water partition coefficient (Wildman–Crippen LogP) is 2.29. The molecule has 1 aromatic rings. The van der Waals surface area contributed by atoms with Crippen molar-refractivity contribution >= 4 is 17.5 Å². The lowest BCUT2D eigenvalue weighted by Gasteiger charge is -2.32. The molecule has 0 aromatic carbocycles. The molecular formula is C12H15N3O4. The van der Waals surface area contributed by atoms with E-state index in [1.807, 2.05) is 6.92 Å². The molecule has 1 heterocycles. The van der Waals surface area contributed by atoms with Crippen LogP contribution in [-0.2, 0) is 0 Å². The van der Waals surface area contributed by atoms with E-state index in [1.165, 1.54) is 12.5 Å². The third-order valence-electron chi connectivity index (χ3n) is 3.54. The summed E-state index contributed by atoms with van der Waals surface area (Å²) in [4.78, 5) is 24.9. The smallest absolute Gasteiger partial charge is 0.342 e. The Morgan fingerprint density at radius 2 is 2.32 bits per heavy atom. The summed E-state index contributed by atoms with van der Waals surface area (Å²) in [5, 5.41) is 22.8. The number of hydrogen-bond acceptors (Lipinski definition) is 5. The molecule has 0 saturated heterocycles. The van der Waals surface area contributed by atoms with Gasteiger partial charge in [-0.2, -0.15) is 0 Å². The minimum atomic E-state index is -1.33. The third-order valence-corrected chi connectivity index (χ3v) is 3.54. The number of anilines is 1. The van der Waals surface area contributed by atoms with Crippen molar-refractivity contribution in [2.75, 3.05) is 5.32 Å². The molecule has 1 aromatic heterocycles. The first kappa shape index (κ1) is 13.3. The van der Waals surface area contributed by atoms with E-state index in [1.54, 1.807) is 0 Å². The SMILES string of the molecule is CC(Nc1cc(C(=O)O)c([N+](=O)[O-])cn1)C1CCC1. The number of aromatic carboxylic acids is 1. The number of carboxylic acid groups (broad SMARTS) is 1. The highest BCUT2D eigenvalue weighted by Crippen LogP contribution is 2.31. The summed E-state index contributed by atoms with van der Waals surface area (Å²) >= 11 is 0. The highest BCUT2D eigenvalue weighted by atomic mass is 16.6. The maximum Gasteiger partial charge on any atom is 0.342 e. The molecule has 0 bridgehead atoms. The Morgan fingerprint density at radius 1 is 1.63 bits per heavy atom. The van der Waals surface area contributed by atoms with Gasteiger partial charge in [-0.25, -0.2) is 9.78 Å². The summed E-state index contributed by atoms with van der Waals surface area (Å²) in [5.74, 6) is -0.402. The summed E-state index contributed by atoms with van der Waals surface area (Å²) in [7, 11) is 0. The molecule has 2 rings (SSSR count). The second kappa shape index (κ2) is 5.21. The molecule has 1 unspecified atom stereocenters. The number of pyridine rings is 1. The van der Waals surface area contributed by atoms with Gasteiger partial charge in [-0.05, 0) is 25.7 Å². The Kier molecular flexibility index (Phi) is 3.64. The number of rotatable bonds is 5. The fourth-order valence-corrected chi connectivity index (χ4v) is 2.13. The quantitative estimate of drug-likeness (QED) is 0.625. The Morgan fingerprint density at radius 3 is 2.79 bits per heavy atom. The fourth-order valence-electron chi connectivity index (χ4n) is 2.13. The summed E-state index contributed by atoms with van der Waals surface area (Å²) in [5.41, 5.74) is -0.836. The first-order chi connectivity index (χ1) is 8.99. The van der Waals surface area contributed by atoms with Crippen molar-refractivity contribution in [2.24, 2.45) is 5.92 Å². The molecule has 0 radical (unpaired) electrons. The molecule has 1 aliphatic carbocycles. The first-order valence-corrected chi connectivity index (χ1v) is 6.13. The van der Waals surface area contributed by atoms with Crippen molar-refractivity contribution in [2.45, 2.75) is 32.2 Å². The van der Waals surface area contributed by atoms with Crippen LogP contribution in [0.2, 0.25) is 0 Å². The van der Waals surface area contributed by atoms with E-state index in [0.717, 1.165) is 19.0 Å². The largest absolute Gasteiger partial charge is 0.477 e. The lowest BCUT2D eigenvalue weighted by Crippen LogP contribution is -2.31. The standard InChI is InChI=1S/C12H15N3O4/c1-7(8-3-2-4-8)14-11-5-9(12(16)17)10(6-13-11)15(18)19/h5-8H,2-4H2,1H3,(H,13,14)(H,16,17). The molecule has 102 valence electrons. The molecule has 1 fully saturated rings. The molecule has 2 N–H and O–H groups in total. The van der Waals surface area contributed by atoms with Crippen LogP contribution in [0, 0.1) is 16.0 Å². The van der Waals surface area contributed by atoms with Crippen molar-refractivity contribution in [3.63, 3.8) is 0 Å². The van der Waals surface area contributed by atoms with E-state index >= 15 is 0 Å². The van der Waals surface area contributed by atoms with Crippen LogP contribution >= 0.6 is 0 Å². The maximum absolute atomic E-state index is 11.0. The highest BCUT2D eigenvalue weighted by Gasteiger charge is 2.25. The van der Waals surface area contributed by atoms with Gasteiger partial charge in [0.2, 0.25) is 0 Å². The molecule has 1 saturated carbocycles. The number of carboxylic acids is 1. The van der Waals surface area contributed by atoms with Gasteiger partial charge in [0.15, 0.2) is 0 Å². The van der Waals surface area contributed by atoms with E-state index in [0.29, 0.717) is 11.7 Å². The van der Waals surface area contributed by atoms with E-state index in [2.05, 4.69) is 10.3 Å². The van der Waals surface area contributed by atoms with Crippen molar-refractivity contribution in [1.82, 2.24) is 4.98 Å². The van der Waals surface area contributed by atoms with Crippen LogP contribution in [0.5, 0.6) is 0 Å². The predicted molar refractivity (Wildman–Crippen MR) is 68.3 cm³/mol. The Balaban J connectivity index is 2.20. The van der Waals surface area contributed by atoms with Gasteiger partial charge in [0.1, 0.15) is 17.6 Å². The summed E-state index contributed by atoms with van der Waals surface area (Å²) in [6.07, 6.45) is 4.49. The molecule has 7 heteroatoms. The van der Waals surface area contributed by atoms with Gasteiger partial charge in [-0.3, -0.25) is 10.1 Å². The van der Waals surface area contributed by atoms with Crippen molar-refractivity contribution in [3.8, 4) is 0 Å². The summed E-state index contributed by atoms with van der Waals surface area (Å²) < 4.78 is 0. The van der Waals surface area contributed by atoms with E-state index in [9.17, 15) is 14.9 Å². The van der Waals surface area contributed by atoms with Gasteiger partial charge >= 0.3 is 11.7 Å². The fraction of sp³-hybridized carbons (Fsp3) is 0.500. The first-order valence-electron chi connectivity index (χ1n) is 6.13. The third kappa shape index (κ3) is 2.81. The lowest BCUT2D eigenvalue weighted by molar-refractivity contribution is -0.385. The maximum atomic E-state index is 11.0. The average Bonchev–Trinajstić information content (AvgIpc) is 2.25. The normalized spacial score (nSPS) is 16.5. The Bertz CT molecular complexity index is 514. The van der Waals surface area contributed by atoms with Gasteiger partial charge in [0.05, 0.1) is 4.92 Å². The lowest BCUT2D eigenvalue weighted by atomic mass is 9.80. The minimum Gasteiger partial charge on any atom is -0.477 e. The zero-order valence-electron chi connectivity index (χ0n) is 10.5. The van der Waals surface area contributed by atoms with Crippen LogP contribution in [0.4, 0.5) is 11.5 Å². The Labute approximate surface area is 109 Å². The minimum absolute atomic E-state index is 0.185. The zero-order valence-corrected chi connectivity index (χ0v) is 10.5. The second-order valence-electron chi connectivity index (χ2n) is 4.77. The molecule has 0 aliphatic heterocycles. The van der Waals surface area contributed by atoms with Crippen LogP contribution < -0.4 is 5.32 Å². The van der Waals surface area contributed by atoms with Gasteiger partial charge in [-0.1, -0.05) is 6.42 Å². The van der Waals surface area contributed by atoms with Gasteiger partial charge in [-0.15, -0.1) is 0 Å². The molecule has 19 heavy (non-hydrogen) atoms. The molecular weight excluding hydrogens is 250 g/mol. The van der Waals surface area contributed by atoms with E-state index < -0.39 is 16.6 Å². The van der Waals surface area contributed by atoms with Gasteiger partial charge in [0.25, 0.3) is 0 Å². The zero-order chi connectivity index (χ0) is 14.0. The number of carbonyl (C=O) groups is 1. The molecule has 1 aliphatic rings. The van der Waals surface area contributed by atoms with Crippen LogP contribution in [0.3, 0.4) is 0 Å². The van der Waals surface area contributed by atoms with Crippen LogP contribution in [0.15, 0.2) is 12.3 Å². The highest BCUT2D eigenvalue weighted by molar-refractivity contribution is 5.93. The topological polar surface area (TPSA) is 105 Å². The number of nitro groups is 1. The molecule has 0 spiro atoms. The monoisotopic (exact) mass is 265 g/mol. The molecule has 1 atom stereocenters. The van der Waals surface area contributed by atoms with Crippen molar-refractivity contribution in [1.29, 1.82) is 0 Å². The van der Waals surface area contributed by atoms with Gasteiger partial charge < -0.3 is 10.4 Å².